The number of nitrogens with zero attached hydrogens (tertiary/aromatic N) is 2. The Morgan fingerprint density at radius 2 is 1.84 bits per heavy atom. The number of hydrogen-bond acceptors (Lipinski definition) is 3. The van der Waals surface area contributed by atoms with E-state index in [0.717, 1.165) is 29.0 Å². The summed E-state index contributed by atoms with van der Waals surface area (Å²) in [6.45, 7) is 6.37. The van der Waals surface area contributed by atoms with Crippen molar-refractivity contribution in [2.24, 2.45) is 5.41 Å². The Morgan fingerprint density at radius 1 is 1.21 bits per heavy atom. The third-order valence-corrected chi connectivity index (χ3v) is 4.94. The van der Waals surface area contributed by atoms with Crippen molar-refractivity contribution >= 4 is 28.5 Å². The molecular weight excluding hydrogens is 258 g/mol. The summed E-state index contributed by atoms with van der Waals surface area (Å²) >= 11 is 6.26. The number of benzene rings is 1. The minimum atomic E-state index is 0.0985. The predicted octanol–water partition coefficient (Wildman–Crippen LogP) is 3.76. The van der Waals surface area contributed by atoms with E-state index in [4.69, 9.17) is 11.6 Å². The van der Waals surface area contributed by atoms with Crippen LogP contribution in [0, 0.1) is 12.3 Å². The number of halogens is 1. The molecule has 0 amide bonds. The molecule has 2 atom stereocenters. The Hall–Kier alpha value is -1.35. The second-order valence-corrected chi connectivity index (χ2v) is 6.39. The fourth-order valence-electron chi connectivity index (χ4n) is 2.51. The number of anilines is 1. The van der Waals surface area contributed by atoms with Crippen molar-refractivity contribution in [3.05, 3.63) is 30.0 Å². The Bertz CT molecular complexity index is 624. The van der Waals surface area contributed by atoms with Gasteiger partial charge in [0, 0.05) is 16.8 Å². The predicted molar refractivity (Wildman–Crippen MR) is 79.7 cm³/mol. The van der Waals surface area contributed by atoms with Crippen molar-refractivity contribution in [1.29, 1.82) is 0 Å². The number of aromatic nitrogens is 2. The molecule has 0 bridgehead atoms. The van der Waals surface area contributed by atoms with Crippen LogP contribution >= 0.6 is 11.6 Å². The fraction of sp³-hybridized carbons (Fsp3) is 0.467. The minimum absolute atomic E-state index is 0.0985. The minimum Gasteiger partial charge on any atom is -0.365 e. The highest BCUT2D eigenvalue weighted by molar-refractivity contribution is 6.21. The molecule has 0 aliphatic heterocycles. The number of nitrogens with one attached hydrogen (secondary N) is 1. The summed E-state index contributed by atoms with van der Waals surface area (Å²) in [6, 6.07) is 8.31. The van der Waals surface area contributed by atoms with Crippen LogP contribution in [0.1, 0.15) is 26.0 Å². The first-order valence-corrected chi connectivity index (χ1v) is 7.06. The second kappa shape index (κ2) is 4.34. The molecule has 3 rings (SSSR count). The average molecular weight is 276 g/mol. The summed E-state index contributed by atoms with van der Waals surface area (Å²) in [4.78, 5) is 9.27. The number of aryl methyl sites for hydroxylation is 1. The van der Waals surface area contributed by atoms with Gasteiger partial charge in [0.15, 0.2) is 0 Å². The summed E-state index contributed by atoms with van der Waals surface area (Å²) in [5, 5.41) is 3.74. The van der Waals surface area contributed by atoms with Crippen LogP contribution in [0.5, 0.6) is 0 Å². The first-order chi connectivity index (χ1) is 8.98. The molecule has 19 heavy (non-hydrogen) atoms. The average Bonchev–Trinajstić information content (AvgIpc) is 2.39. The molecule has 0 saturated heterocycles. The highest BCUT2D eigenvalue weighted by Crippen LogP contribution is 2.45. The quantitative estimate of drug-likeness (QED) is 0.848. The van der Waals surface area contributed by atoms with E-state index in [9.17, 15) is 0 Å². The number of alkyl halides is 1. The normalized spacial score (nSPS) is 25.1. The van der Waals surface area contributed by atoms with Gasteiger partial charge in [0.05, 0.1) is 16.7 Å². The smallest absolute Gasteiger partial charge is 0.148 e. The van der Waals surface area contributed by atoms with E-state index in [1.165, 1.54) is 0 Å². The lowest BCUT2D eigenvalue weighted by Gasteiger charge is -2.49. The molecule has 1 aliphatic rings. The molecule has 100 valence electrons. The van der Waals surface area contributed by atoms with Gasteiger partial charge in [-0.3, -0.25) is 0 Å². The van der Waals surface area contributed by atoms with E-state index < -0.39 is 0 Å². The molecule has 1 aromatic heterocycles. The van der Waals surface area contributed by atoms with Gasteiger partial charge in [0.2, 0.25) is 0 Å². The summed E-state index contributed by atoms with van der Waals surface area (Å²) in [7, 11) is 0. The van der Waals surface area contributed by atoms with Gasteiger partial charge in [-0.05, 0) is 25.5 Å². The molecule has 1 N–H and O–H groups in total. The molecule has 2 aromatic rings. The lowest BCUT2D eigenvalue weighted by atomic mass is 9.67. The van der Waals surface area contributed by atoms with Crippen LogP contribution in [-0.4, -0.2) is 21.4 Å². The summed E-state index contributed by atoms with van der Waals surface area (Å²) < 4.78 is 0. The van der Waals surface area contributed by atoms with Gasteiger partial charge in [0.25, 0.3) is 0 Å². The van der Waals surface area contributed by atoms with Gasteiger partial charge in [0.1, 0.15) is 5.82 Å². The Kier molecular flexibility index (Phi) is 2.90. The third kappa shape index (κ3) is 2.06. The standard InChI is InChI=1S/C15H18ClN3/c1-9-14(19-13-8-12(16)15(13,2)3)18-11-7-5-4-6-10(11)17-9/h4-7,12-13H,8H2,1-3H3,(H,18,19). The lowest BCUT2D eigenvalue weighted by molar-refractivity contribution is 0.168. The molecule has 1 saturated carbocycles. The number of hydrogen-bond donors (Lipinski definition) is 1. The maximum Gasteiger partial charge on any atom is 0.148 e. The molecule has 1 aliphatic carbocycles. The van der Waals surface area contributed by atoms with Crippen molar-refractivity contribution in [2.75, 3.05) is 5.32 Å². The van der Waals surface area contributed by atoms with Gasteiger partial charge >= 0.3 is 0 Å². The van der Waals surface area contributed by atoms with E-state index in [2.05, 4.69) is 29.1 Å². The van der Waals surface area contributed by atoms with Crippen LogP contribution in [0.15, 0.2) is 24.3 Å². The molecule has 2 unspecified atom stereocenters. The first-order valence-electron chi connectivity index (χ1n) is 6.62. The van der Waals surface area contributed by atoms with Gasteiger partial charge < -0.3 is 5.32 Å². The maximum atomic E-state index is 6.26. The summed E-state index contributed by atoms with van der Waals surface area (Å²) in [5.74, 6) is 0.875. The zero-order valence-electron chi connectivity index (χ0n) is 11.4. The van der Waals surface area contributed by atoms with Crippen LogP contribution in [0.3, 0.4) is 0 Å². The molecule has 0 spiro atoms. The monoisotopic (exact) mass is 275 g/mol. The Morgan fingerprint density at radius 3 is 2.42 bits per heavy atom. The number of rotatable bonds is 2. The Labute approximate surface area is 118 Å². The van der Waals surface area contributed by atoms with E-state index in [1.54, 1.807) is 0 Å². The Balaban J connectivity index is 1.91. The van der Waals surface area contributed by atoms with E-state index >= 15 is 0 Å². The highest BCUT2D eigenvalue weighted by Gasteiger charge is 2.47. The zero-order chi connectivity index (χ0) is 13.6. The van der Waals surface area contributed by atoms with Gasteiger partial charge in [-0.2, -0.15) is 0 Å². The molecule has 4 heteroatoms. The van der Waals surface area contributed by atoms with Crippen molar-refractivity contribution in [1.82, 2.24) is 9.97 Å². The lowest BCUT2D eigenvalue weighted by Crippen LogP contribution is -2.54. The molecule has 0 radical (unpaired) electrons. The van der Waals surface area contributed by atoms with Crippen LogP contribution in [0.2, 0.25) is 0 Å². The molecule has 3 nitrogen and oxygen atoms in total. The van der Waals surface area contributed by atoms with Gasteiger partial charge in [-0.25, -0.2) is 9.97 Å². The topological polar surface area (TPSA) is 37.8 Å². The zero-order valence-corrected chi connectivity index (χ0v) is 12.2. The number of para-hydroxylation sites is 2. The third-order valence-electron chi connectivity index (χ3n) is 4.20. The molecule has 1 aromatic carbocycles. The van der Waals surface area contributed by atoms with Gasteiger partial charge in [-0.1, -0.05) is 26.0 Å². The first kappa shape index (κ1) is 12.7. The van der Waals surface area contributed by atoms with Crippen LogP contribution < -0.4 is 5.32 Å². The van der Waals surface area contributed by atoms with Crippen LogP contribution in [-0.2, 0) is 0 Å². The van der Waals surface area contributed by atoms with Crippen molar-refractivity contribution < 1.29 is 0 Å². The second-order valence-electron chi connectivity index (χ2n) is 5.87. The van der Waals surface area contributed by atoms with E-state index in [1.807, 2.05) is 31.2 Å². The van der Waals surface area contributed by atoms with Gasteiger partial charge in [-0.15, -0.1) is 11.6 Å². The van der Waals surface area contributed by atoms with Crippen LogP contribution in [0.4, 0.5) is 5.82 Å². The van der Waals surface area contributed by atoms with E-state index in [0.29, 0.717) is 6.04 Å². The summed E-state index contributed by atoms with van der Waals surface area (Å²) in [5.41, 5.74) is 2.90. The largest absolute Gasteiger partial charge is 0.365 e. The molecular formula is C15H18ClN3. The van der Waals surface area contributed by atoms with Crippen molar-refractivity contribution in [3.8, 4) is 0 Å². The van der Waals surface area contributed by atoms with Crippen molar-refractivity contribution in [3.63, 3.8) is 0 Å². The van der Waals surface area contributed by atoms with E-state index in [-0.39, 0.29) is 10.8 Å². The van der Waals surface area contributed by atoms with Crippen molar-refractivity contribution in [2.45, 2.75) is 38.6 Å². The SMILES string of the molecule is Cc1nc2ccccc2nc1NC1CC(Cl)C1(C)C. The summed E-state index contributed by atoms with van der Waals surface area (Å²) in [6.07, 6.45) is 0.975. The van der Waals surface area contributed by atoms with Crippen LogP contribution in [0.25, 0.3) is 11.0 Å². The highest BCUT2D eigenvalue weighted by atomic mass is 35.5. The molecule has 1 heterocycles. The maximum absolute atomic E-state index is 6.26. The molecule has 1 fully saturated rings. The fourth-order valence-corrected chi connectivity index (χ4v) is 2.84. The number of fused-ring (bicyclic) bond motifs is 1.